The molecule has 0 fully saturated rings. The van der Waals surface area contributed by atoms with Gasteiger partial charge in [0.05, 0.1) is 0 Å². The first-order valence-corrected chi connectivity index (χ1v) is 9.03. The van der Waals surface area contributed by atoms with Gasteiger partial charge >= 0.3 is 15.6 Å². The van der Waals surface area contributed by atoms with Crippen molar-refractivity contribution < 1.29 is 25.8 Å². The van der Waals surface area contributed by atoms with E-state index in [4.69, 9.17) is 0 Å². The smallest absolute Gasteiger partial charge is 0.376 e. The van der Waals surface area contributed by atoms with E-state index in [1.54, 1.807) is 13.0 Å². The molecule has 0 aliphatic heterocycles. The Morgan fingerprint density at radius 1 is 1.21 bits per heavy atom. The maximum absolute atomic E-state index is 12.6. The molecule has 134 valence electrons. The number of aryl methyl sites for hydroxylation is 1. The fraction of sp³-hybridized carbons (Fsp3) is 0.529. The van der Waals surface area contributed by atoms with E-state index in [2.05, 4.69) is 10.3 Å². The van der Waals surface area contributed by atoms with E-state index < -0.39 is 15.6 Å². The van der Waals surface area contributed by atoms with Gasteiger partial charge in [0.2, 0.25) is 0 Å². The fourth-order valence-corrected chi connectivity index (χ4v) is 3.38. The molecule has 2 rings (SSSR count). The molecule has 1 aromatic rings. The number of fused-ring (bicyclic) bond motifs is 1. The van der Waals surface area contributed by atoms with Crippen LogP contribution in [0.15, 0.2) is 18.2 Å². The first-order chi connectivity index (χ1) is 10.8. The van der Waals surface area contributed by atoms with Crippen LogP contribution in [-0.2, 0) is 15.5 Å². The van der Waals surface area contributed by atoms with Crippen molar-refractivity contribution in [3.8, 4) is 5.75 Å². The molecule has 7 heteroatoms. The summed E-state index contributed by atoms with van der Waals surface area (Å²) in [6.07, 6.45) is 2.87. The number of benzene rings is 1. The zero-order valence-electron chi connectivity index (χ0n) is 14.3. The molecule has 0 spiro atoms. The molecule has 1 aliphatic carbocycles. The Morgan fingerprint density at radius 3 is 2.29 bits per heavy atom. The highest BCUT2D eigenvalue weighted by molar-refractivity contribution is 7.88. The Hall–Kier alpha value is -1.50. The third kappa shape index (κ3) is 3.31. The third-order valence-corrected chi connectivity index (χ3v) is 5.26. The highest BCUT2D eigenvalue weighted by atomic mass is 32.2. The normalized spacial score (nSPS) is 17.5. The monoisotopic (exact) mass is 362 g/mol. The van der Waals surface area contributed by atoms with E-state index >= 15 is 0 Å². The van der Waals surface area contributed by atoms with Gasteiger partial charge in [-0.25, -0.2) is 0 Å². The van der Waals surface area contributed by atoms with Crippen molar-refractivity contribution >= 4 is 15.7 Å². The molecule has 0 heterocycles. The summed E-state index contributed by atoms with van der Waals surface area (Å²) in [6.45, 7) is 9.62. The van der Waals surface area contributed by atoms with Gasteiger partial charge in [-0.2, -0.15) is 21.6 Å². The van der Waals surface area contributed by atoms with Crippen LogP contribution in [-0.4, -0.2) is 13.9 Å². The van der Waals surface area contributed by atoms with Gasteiger partial charge in [0.1, 0.15) is 5.75 Å². The van der Waals surface area contributed by atoms with Gasteiger partial charge in [-0.3, -0.25) is 0 Å². The molecule has 0 saturated heterocycles. The van der Waals surface area contributed by atoms with Crippen LogP contribution in [0.1, 0.15) is 50.8 Å². The van der Waals surface area contributed by atoms with Crippen LogP contribution in [0.2, 0.25) is 0 Å². The summed E-state index contributed by atoms with van der Waals surface area (Å²) in [4.78, 5) is 0. The van der Waals surface area contributed by atoms with Crippen molar-refractivity contribution in [2.75, 3.05) is 0 Å². The number of hydrogen-bond donors (Lipinski definition) is 0. The van der Waals surface area contributed by atoms with Crippen molar-refractivity contribution in [2.45, 2.75) is 52.0 Å². The highest BCUT2D eigenvalue weighted by Crippen LogP contribution is 2.44. The van der Waals surface area contributed by atoms with Crippen LogP contribution in [0.4, 0.5) is 13.2 Å². The summed E-state index contributed by atoms with van der Waals surface area (Å²) in [5.41, 5.74) is -2.55. The summed E-state index contributed by atoms with van der Waals surface area (Å²) in [5.74, 6) is -0.120. The third-order valence-electron chi connectivity index (χ3n) is 4.29. The van der Waals surface area contributed by atoms with Gasteiger partial charge in [-0.15, -0.1) is 0 Å². The number of hydrogen-bond acceptors (Lipinski definition) is 3. The van der Waals surface area contributed by atoms with Crippen molar-refractivity contribution in [2.24, 2.45) is 5.92 Å². The first-order valence-electron chi connectivity index (χ1n) is 7.62. The van der Waals surface area contributed by atoms with Gasteiger partial charge in [-0.1, -0.05) is 39.8 Å². The first kappa shape index (κ1) is 18.8. The Balaban J connectivity index is 2.60. The maximum atomic E-state index is 12.6. The minimum atomic E-state index is -5.69. The molecule has 3 nitrogen and oxygen atoms in total. The number of alkyl halides is 3. The van der Waals surface area contributed by atoms with E-state index in [9.17, 15) is 21.6 Å². The lowest BCUT2D eigenvalue weighted by Crippen LogP contribution is -2.29. The van der Waals surface area contributed by atoms with Crippen molar-refractivity contribution in [1.82, 2.24) is 0 Å². The van der Waals surface area contributed by atoms with Crippen molar-refractivity contribution in [3.05, 3.63) is 34.9 Å². The Kier molecular flexibility index (Phi) is 4.54. The Bertz CT molecular complexity index is 788. The Morgan fingerprint density at radius 2 is 1.79 bits per heavy atom. The molecule has 0 atom stereocenters. The molecule has 0 saturated carbocycles. The Labute approximate surface area is 140 Å². The van der Waals surface area contributed by atoms with Gasteiger partial charge in [0.25, 0.3) is 0 Å². The van der Waals surface area contributed by atoms with E-state index in [0.29, 0.717) is 5.56 Å². The minimum Gasteiger partial charge on any atom is -0.376 e. The second-order valence-electron chi connectivity index (χ2n) is 7.05. The average Bonchev–Trinajstić information content (AvgIpc) is 2.38. The molecule has 0 N–H and O–H groups in total. The van der Waals surface area contributed by atoms with Crippen LogP contribution >= 0.6 is 0 Å². The summed E-state index contributed by atoms with van der Waals surface area (Å²) in [6, 6.07) is 3.15. The molecule has 0 bridgehead atoms. The average molecular weight is 362 g/mol. The van der Waals surface area contributed by atoms with Gasteiger partial charge < -0.3 is 4.18 Å². The SMILES string of the molecule is Cc1cc2c(cc1OS(=O)(=O)C(F)(F)F)C(C(C)C)=CCC2(C)C. The van der Waals surface area contributed by atoms with Crippen LogP contribution in [0, 0.1) is 12.8 Å². The van der Waals surface area contributed by atoms with Gasteiger partial charge in [-0.05, 0) is 53.0 Å². The quantitative estimate of drug-likeness (QED) is 0.565. The van der Waals surface area contributed by atoms with Crippen molar-refractivity contribution in [1.29, 1.82) is 0 Å². The second kappa shape index (κ2) is 5.79. The zero-order chi connectivity index (χ0) is 18.5. The molecular formula is C17H21F3O3S. The maximum Gasteiger partial charge on any atom is 0.534 e. The highest BCUT2D eigenvalue weighted by Gasteiger charge is 2.49. The molecule has 0 radical (unpaired) electrons. The van der Waals surface area contributed by atoms with E-state index in [1.165, 1.54) is 6.07 Å². The standard InChI is InChI=1S/C17H21F3O3S/c1-10(2)12-6-7-16(4,5)14-8-11(3)15(9-13(12)14)23-24(21,22)17(18,19)20/h6,8-10H,7H2,1-5H3. The summed E-state index contributed by atoms with van der Waals surface area (Å²) in [7, 11) is -5.69. The molecule has 0 aromatic heterocycles. The number of allylic oxidation sites excluding steroid dienone is 2. The largest absolute Gasteiger partial charge is 0.534 e. The zero-order valence-corrected chi connectivity index (χ0v) is 15.1. The number of halogens is 3. The fourth-order valence-electron chi connectivity index (χ4n) is 2.87. The van der Waals surface area contributed by atoms with Crippen LogP contribution < -0.4 is 4.18 Å². The topological polar surface area (TPSA) is 43.4 Å². The van der Waals surface area contributed by atoms with Crippen LogP contribution in [0.3, 0.4) is 0 Å². The second-order valence-corrected chi connectivity index (χ2v) is 8.59. The summed E-state index contributed by atoms with van der Waals surface area (Å²) >= 11 is 0. The molecular weight excluding hydrogens is 341 g/mol. The van der Waals surface area contributed by atoms with E-state index in [1.807, 2.05) is 27.7 Å². The van der Waals surface area contributed by atoms with Crippen LogP contribution in [0.25, 0.3) is 5.57 Å². The predicted octanol–water partition coefficient (Wildman–Crippen LogP) is 4.94. The summed E-state index contributed by atoms with van der Waals surface area (Å²) in [5, 5.41) is 0. The molecule has 1 aromatic carbocycles. The molecule has 1 aliphatic rings. The van der Waals surface area contributed by atoms with E-state index in [-0.39, 0.29) is 17.1 Å². The lowest BCUT2D eigenvalue weighted by atomic mass is 9.71. The predicted molar refractivity (Wildman–Crippen MR) is 87.2 cm³/mol. The van der Waals surface area contributed by atoms with Gasteiger partial charge in [0.15, 0.2) is 0 Å². The van der Waals surface area contributed by atoms with Gasteiger partial charge in [0, 0.05) is 0 Å². The lowest BCUT2D eigenvalue weighted by molar-refractivity contribution is -0.0500. The lowest BCUT2D eigenvalue weighted by Gasteiger charge is -2.34. The molecule has 0 amide bonds. The minimum absolute atomic E-state index is 0.162. The molecule has 0 unspecified atom stereocenters. The number of rotatable bonds is 3. The van der Waals surface area contributed by atoms with Crippen LogP contribution in [0.5, 0.6) is 5.75 Å². The van der Waals surface area contributed by atoms with E-state index in [0.717, 1.165) is 23.1 Å². The molecule has 24 heavy (non-hydrogen) atoms. The summed E-state index contributed by atoms with van der Waals surface area (Å²) < 4.78 is 64.8. The van der Waals surface area contributed by atoms with Crippen molar-refractivity contribution in [3.63, 3.8) is 0 Å².